The molecular formula is C12H21N3. The van der Waals surface area contributed by atoms with Crippen LogP contribution in [0, 0.1) is 0 Å². The Morgan fingerprint density at radius 3 is 2.33 bits per heavy atom. The number of rotatable bonds is 3. The van der Waals surface area contributed by atoms with Gasteiger partial charge in [0, 0.05) is 38.4 Å². The average Bonchev–Trinajstić information content (AvgIpc) is 2.88. The van der Waals surface area contributed by atoms with Crippen molar-refractivity contribution in [2.24, 2.45) is 0 Å². The van der Waals surface area contributed by atoms with Crippen LogP contribution in [-0.2, 0) is 0 Å². The monoisotopic (exact) mass is 207 g/mol. The lowest BCUT2D eigenvalue weighted by atomic mass is 10.3. The van der Waals surface area contributed by atoms with Crippen LogP contribution in [0.25, 0.3) is 0 Å². The summed E-state index contributed by atoms with van der Waals surface area (Å²) in [7, 11) is 2.10. The predicted molar refractivity (Wildman–Crippen MR) is 64.2 cm³/mol. The Kier molecular flexibility index (Phi) is 5.44. The van der Waals surface area contributed by atoms with E-state index in [-0.39, 0.29) is 0 Å². The minimum absolute atomic E-state index is 1.07. The topological polar surface area (TPSA) is 22.3 Å². The fourth-order valence-electron chi connectivity index (χ4n) is 1.37. The van der Waals surface area contributed by atoms with Gasteiger partial charge >= 0.3 is 0 Å². The molecular weight excluding hydrogens is 186 g/mol. The number of aromatic nitrogens is 1. The molecule has 2 heterocycles. The quantitative estimate of drug-likeness (QED) is 0.822. The van der Waals surface area contributed by atoms with Gasteiger partial charge in [-0.25, -0.2) is 0 Å². The van der Waals surface area contributed by atoms with Crippen LogP contribution < -0.4 is 0 Å². The maximum absolute atomic E-state index is 2.86. The van der Waals surface area contributed by atoms with Gasteiger partial charge in [0.15, 0.2) is 0 Å². The van der Waals surface area contributed by atoms with Crippen LogP contribution in [0.5, 0.6) is 0 Å². The first-order chi connectivity index (χ1) is 7.33. The summed E-state index contributed by atoms with van der Waals surface area (Å²) in [5.74, 6) is 0. The molecule has 2 rings (SSSR count). The fraction of sp³-hybridized carbons (Fsp3) is 0.500. The van der Waals surface area contributed by atoms with Crippen molar-refractivity contribution >= 4 is 0 Å². The van der Waals surface area contributed by atoms with Crippen LogP contribution in [0.4, 0.5) is 0 Å². The molecule has 1 aromatic heterocycles. The molecule has 0 atom stereocenters. The zero-order valence-corrected chi connectivity index (χ0v) is 9.69. The van der Waals surface area contributed by atoms with E-state index < -0.39 is 0 Å². The molecule has 0 spiro atoms. The van der Waals surface area contributed by atoms with E-state index in [4.69, 9.17) is 0 Å². The number of hydrogen-bond donors (Lipinski definition) is 1. The van der Waals surface area contributed by atoms with Crippen molar-refractivity contribution in [3.05, 3.63) is 36.9 Å². The Hall–Kier alpha value is -1.38. The second-order valence-electron chi connectivity index (χ2n) is 3.75. The highest BCUT2D eigenvalue weighted by Crippen LogP contribution is 2.04. The van der Waals surface area contributed by atoms with Crippen LogP contribution in [-0.4, -0.2) is 35.0 Å². The summed E-state index contributed by atoms with van der Waals surface area (Å²) in [5, 5.41) is 0. The zero-order valence-electron chi connectivity index (χ0n) is 9.69. The van der Waals surface area contributed by atoms with Gasteiger partial charge < -0.3 is 14.8 Å². The lowest BCUT2D eigenvalue weighted by molar-refractivity contribution is 0.293. The molecule has 1 aliphatic heterocycles. The summed E-state index contributed by atoms with van der Waals surface area (Å²) >= 11 is 0. The highest BCUT2D eigenvalue weighted by molar-refractivity contribution is 4.88. The lowest BCUT2D eigenvalue weighted by Gasteiger charge is -2.17. The van der Waals surface area contributed by atoms with E-state index in [2.05, 4.69) is 41.2 Å². The molecule has 0 fully saturated rings. The van der Waals surface area contributed by atoms with Crippen molar-refractivity contribution < 1.29 is 0 Å². The maximum atomic E-state index is 2.86. The molecule has 0 bridgehead atoms. The Morgan fingerprint density at radius 2 is 1.93 bits per heavy atom. The summed E-state index contributed by atoms with van der Waals surface area (Å²) in [6.07, 6.45) is 10.6. The van der Waals surface area contributed by atoms with E-state index in [1.165, 1.54) is 19.4 Å². The Labute approximate surface area is 92.4 Å². The Bertz CT molecular complexity index is 237. The standard InChI is InChI=1S/C8H16N2.C4H5N/c1-3-4-5-10-7-6-9(2)8-10;1-2-4-5-3-1/h6-7H,3-5,8H2,1-2H3;1-5H. The normalized spacial score (nSPS) is 14.0. The fourth-order valence-corrected chi connectivity index (χ4v) is 1.37. The van der Waals surface area contributed by atoms with E-state index in [0.717, 1.165) is 6.67 Å². The van der Waals surface area contributed by atoms with Crippen LogP contribution in [0.1, 0.15) is 19.8 Å². The molecule has 84 valence electrons. The van der Waals surface area contributed by atoms with Gasteiger partial charge in [-0.05, 0) is 18.6 Å². The number of aromatic amines is 1. The van der Waals surface area contributed by atoms with E-state index in [1.54, 1.807) is 0 Å². The molecule has 0 saturated heterocycles. The zero-order chi connectivity index (χ0) is 10.9. The van der Waals surface area contributed by atoms with Gasteiger partial charge in [0.25, 0.3) is 0 Å². The number of nitrogens with one attached hydrogen (secondary N) is 1. The van der Waals surface area contributed by atoms with Crippen molar-refractivity contribution in [2.75, 3.05) is 20.3 Å². The van der Waals surface area contributed by atoms with Crippen molar-refractivity contribution in [1.29, 1.82) is 0 Å². The SMILES string of the molecule is CCCCN1C=CN(C)C1.c1cc[nH]c1. The molecule has 1 N–H and O–H groups in total. The minimum Gasteiger partial charge on any atom is -0.368 e. The number of H-pyrrole nitrogens is 1. The van der Waals surface area contributed by atoms with E-state index in [1.807, 2.05) is 24.5 Å². The maximum Gasteiger partial charge on any atom is 0.0890 e. The minimum atomic E-state index is 1.07. The first-order valence-electron chi connectivity index (χ1n) is 5.53. The molecule has 0 amide bonds. The smallest absolute Gasteiger partial charge is 0.0890 e. The summed E-state index contributed by atoms with van der Waals surface area (Å²) in [6.45, 7) is 4.50. The summed E-state index contributed by atoms with van der Waals surface area (Å²) in [6, 6.07) is 3.89. The van der Waals surface area contributed by atoms with E-state index >= 15 is 0 Å². The third-order valence-electron chi connectivity index (χ3n) is 2.23. The molecule has 0 aliphatic carbocycles. The van der Waals surface area contributed by atoms with E-state index in [9.17, 15) is 0 Å². The molecule has 3 nitrogen and oxygen atoms in total. The van der Waals surface area contributed by atoms with Gasteiger partial charge in [0.1, 0.15) is 0 Å². The van der Waals surface area contributed by atoms with E-state index in [0.29, 0.717) is 0 Å². The van der Waals surface area contributed by atoms with Gasteiger partial charge in [0.05, 0.1) is 6.67 Å². The molecule has 1 aromatic rings. The van der Waals surface area contributed by atoms with Crippen molar-refractivity contribution in [3.63, 3.8) is 0 Å². The lowest BCUT2D eigenvalue weighted by Crippen LogP contribution is -2.23. The second kappa shape index (κ2) is 6.98. The van der Waals surface area contributed by atoms with Crippen molar-refractivity contribution in [1.82, 2.24) is 14.8 Å². The second-order valence-corrected chi connectivity index (χ2v) is 3.75. The molecule has 0 saturated carbocycles. The molecule has 1 aliphatic rings. The van der Waals surface area contributed by atoms with Gasteiger partial charge in [-0.1, -0.05) is 13.3 Å². The third-order valence-corrected chi connectivity index (χ3v) is 2.23. The largest absolute Gasteiger partial charge is 0.368 e. The summed E-state index contributed by atoms with van der Waals surface area (Å²) in [5.41, 5.74) is 0. The van der Waals surface area contributed by atoms with Crippen LogP contribution in [0.2, 0.25) is 0 Å². The van der Waals surface area contributed by atoms with Crippen LogP contribution >= 0.6 is 0 Å². The number of nitrogens with zero attached hydrogens (tertiary/aromatic N) is 2. The van der Waals surface area contributed by atoms with Gasteiger partial charge in [0.2, 0.25) is 0 Å². The average molecular weight is 207 g/mol. The predicted octanol–water partition coefficient (Wildman–Crippen LogP) is 2.48. The summed E-state index contributed by atoms with van der Waals surface area (Å²) in [4.78, 5) is 7.39. The van der Waals surface area contributed by atoms with Crippen molar-refractivity contribution in [3.8, 4) is 0 Å². The molecule has 0 unspecified atom stereocenters. The Morgan fingerprint density at radius 1 is 1.20 bits per heavy atom. The summed E-state index contributed by atoms with van der Waals surface area (Å²) < 4.78 is 0. The Balaban J connectivity index is 0.000000187. The first-order valence-corrected chi connectivity index (χ1v) is 5.53. The molecule has 0 radical (unpaired) electrons. The molecule has 15 heavy (non-hydrogen) atoms. The first kappa shape index (κ1) is 11.7. The third kappa shape index (κ3) is 5.15. The van der Waals surface area contributed by atoms with Gasteiger partial charge in [-0.2, -0.15) is 0 Å². The van der Waals surface area contributed by atoms with Crippen molar-refractivity contribution in [2.45, 2.75) is 19.8 Å². The van der Waals surface area contributed by atoms with Crippen LogP contribution in [0.3, 0.4) is 0 Å². The molecule has 3 heteroatoms. The van der Waals surface area contributed by atoms with Gasteiger partial charge in [-0.3, -0.25) is 0 Å². The van der Waals surface area contributed by atoms with Crippen LogP contribution in [0.15, 0.2) is 36.9 Å². The highest BCUT2D eigenvalue weighted by atomic mass is 15.3. The number of unbranched alkanes of at least 4 members (excludes halogenated alkanes) is 1. The van der Waals surface area contributed by atoms with Gasteiger partial charge in [-0.15, -0.1) is 0 Å². The molecule has 0 aromatic carbocycles. The number of hydrogen-bond acceptors (Lipinski definition) is 2. The highest BCUT2D eigenvalue weighted by Gasteiger charge is 2.05.